The van der Waals surface area contributed by atoms with E-state index < -0.39 is 0 Å². The summed E-state index contributed by atoms with van der Waals surface area (Å²) in [6.07, 6.45) is 2.24. The summed E-state index contributed by atoms with van der Waals surface area (Å²) < 4.78 is 15.7. The van der Waals surface area contributed by atoms with Crippen molar-refractivity contribution in [1.82, 2.24) is 4.90 Å². The highest BCUT2D eigenvalue weighted by atomic mass is 16.7. The van der Waals surface area contributed by atoms with Gasteiger partial charge in [0, 0.05) is 12.5 Å². The average Bonchev–Trinajstić information content (AvgIpc) is 2.95. The molecule has 0 amide bonds. The Labute approximate surface area is 132 Å². The third-order valence-corrected chi connectivity index (χ3v) is 3.92. The maximum atomic E-state index is 11.3. The Hall–Kier alpha value is -1.75. The lowest BCUT2D eigenvalue weighted by Gasteiger charge is -2.24. The van der Waals surface area contributed by atoms with E-state index in [2.05, 4.69) is 24.9 Å². The Balaban J connectivity index is 1.76. The van der Waals surface area contributed by atoms with Gasteiger partial charge in [-0.2, -0.15) is 0 Å². The van der Waals surface area contributed by atoms with Gasteiger partial charge in [0.15, 0.2) is 11.5 Å². The van der Waals surface area contributed by atoms with Crippen molar-refractivity contribution in [3.05, 3.63) is 23.8 Å². The van der Waals surface area contributed by atoms with Crippen LogP contribution in [0.4, 0.5) is 0 Å². The Bertz CT molecular complexity index is 503. The average molecular weight is 307 g/mol. The highest BCUT2D eigenvalue weighted by Crippen LogP contribution is 2.32. The molecule has 1 aliphatic rings. The minimum Gasteiger partial charge on any atom is -0.466 e. The summed E-state index contributed by atoms with van der Waals surface area (Å²) in [5.74, 6) is 1.54. The fourth-order valence-electron chi connectivity index (χ4n) is 2.49. The molecule has 0 aromatic heterocycles. The quantitative estimate of drug-likeness (QED) is 0.691. The zero-order chi connectivity index (χ0) is 15.9. The molecule has 5 heteroatoms. The van der Waals surface area contributed by atoms with Gasteiger partial charge < -0.3 is 19.1 Å². The molecule has 1 unspecified atom stereocenters. The number of esters is 1. The van der Waals surface area contributed by atoms with E-state index in [0.29, 0.717) is 25.9 Å². The van der Waals surface area contributed by atoms with E-state index in [1.165, 1.54) is 5.56 Å². The van der Waals surface area contributed by atoms with Gasteiger partial charge >= 0.3 is 5.97 Å². The predicted octanol–water partition coefficient (Wildman–Crippen LogP) is 2.62. The summed E-state index contributed by atoms with van der Waals surface area (Å²) in [4.78, 5) is 13.6. The number of hydrogen-bond donors (Lipinski definition) is 0. The molecule has 0 saturated heterocycles. The number of fused-ring (bicyclic) bond motifs is 1. The number of likely N-dealkylation sites (N-methyl/N-ethyl adjacent to an activating group) is 1. The van der Waals surface area contributed by atoms with Crippen LogP contribution in [0.25, 0.3) is 0 Å². The first kappa shape index (κ1) is 16.6. The molecule has 22 heavy (non-hydrogen) atoms. The lowest BCUT2D eigenvalue weighted by atomic mass is 10.1. The minimum atomic E-state index is -0.112. The molecule has 0 bridgehead atoms. The number of nitrogens with zero attached hydrogens (tertiary/aromatic N) is 1. The molecule has 1 aromatic carbocycles. The number of rotatable bonds is 8. The van der Waals surface area contributed by atoms with Crippen LogP contribution in [0.2, 0.25) is 0 Å². The second kappa shape index (κ2) is 8.03. The van der Waals surface area contributed by atoms with Crippen molar-refractivity contribution in [2.24, 2.45) is 0 Å². The number of ether oxygens (including phenoxy) is 3. The summed E-state index contributed by atoms with van der Waals surface area (Å²) in [5.41, 5.74) is 1.23. The third-order valence-electron chi connectivity index (χ3n) is 3.92. The molecule has 0 radical (unpaired) electrons. The van der Waals surface area contributed by atoms with Crippen molar-refractivity contribution in [2.45, 2.75) is 39.2 Å². The van der Waals surface area contributed by atoms with E-state index in [4.69, 9.17) is 14.2 Å². The minimum absolute atomic E-state index is 0.112. The third kappa shape index (κ3) is 4.63. The van der Waals surface area contributed by atoms with Gasteiger partial charge in [-0.15, -0.1) is 0 Å². The molecular formula is C17H25NO4. The van der Waals surface area contributed by atoms with Crippen LogP contribution in [0.15, 0.2) is 18.2 Å². The molecule has 0 aliphatic carbocycles. The van der Waals surface area contributed by atoms with E-state index in [-0.39, 0.29) is 5.97 Å². The summed E-state index contributed by atoms with van der Waals surface area (Å²) in [7, 11) is 2.09. The van der Waals surface area contributed by atoms with Crippen molar-refractivity contribution in [3.8, 4) is 11.5 Å². The molecule has 5 nitrogen and oxygen atoms in total. The number of carbonyl (C=O) groups is 1. The molecule has 1 aromatic rings. The number of hydrogen-bond acceptors (Lipinski definition) is 5. The smallest absolute Gasteiger partial charge is 0.305 e. The molecular weight excluding hydrogens is 282 g/mol. The first-order chi connectivity index (χ1) is 10.6. The SMILES string of the molecule is CCOC(=O)CCCN(C)C(C)Cc1ccc2c(c1)OCO2. The second-order valence-electron chi connectivity index (χ2n) is 5.63. The van der Waals surface area contributed by atoms with Crippen molar-refractivity contribution < 1.29 is 19.0 Å². The van der Waals surface area contributed by atoms with Crippen LogP contribution in [-0.4, -0.2) is 43.9 Å². The topological polar surface area (TPSA) is 48.0 Å². The van der Waals surface area contributed by atoms with Gasteiger partial charge in [0.2, 0.25) is 6.79 Å². The van der Waals surface area contributed by atoms with Gasteiger partial charge in [0.1, 0.15) is 0 Å². The van der Waals surface area contributed by atoms with Crippen LogP contribution in [0, 0.1) is 0 Å². The van der Waals surface area contributed by atoms with E-state index in [1.807, 2.05) is 19.1 Å². The van der Waals surface area contributed by atoms with Crippen LogP contribution in [0.5, 0.6) is 11.5 Å². The summed E-state index contributed by atoms with van der Waals surface area (Å²) in [5, 5.41) is 0. The van der Waals surface area contributed by atoms with Crippen LogP contribution in [0.1, 0.15) is 32.3 Å². The van der Waals surface area contributed by atoms with Crippen molar-refractivity contribution in [1.29, 1.82) is 0 Å². The van der Waals surface area contributed by atoms with Gasteiger partial charge in [0.25, 0.3) is 0 Å². The molecule has 122 valence electrons. The monoisotopic (exact) mass is 307 g/mol. The Kier molecular flexibility index (Phi) is 6.07. The lowest BCUT2D eigenvalue weighted by molar-refractivity contribution is -0.143. The van der Waals surface area contributed by atoms with Gasteiger partial charge in [-0.25, -0.2) is 0 Å². The normalized spacial score (nSPS) is 14.2. The maximum absolute atomic E-state index is 11.3. The van der Waals surface area contributed by atoms with Crippen molar-refractivity contribution in [2.75, 3.05) is 27.0 Å². The first-order valence-corrected chi connectivity index (χ1v) is 7.84. The molecule has 0 N–H and O–H groups in total. The zero-order valence-electron chi connectivity index (χ0n) is 13.6. The highest BCUT2D eigenvalue weighted by Gasteiger charge is 2.16. The van der Waals surface area contributed by atoms with E-state index in [1.54, 1.807) is 0 Å². The van der Waals surface area contributed by atoms with E-state index in [9.17, 15) is 4.79 Å². The fourth-order valence-corrected chi connectivity index (χ4v) is 2.49. The van der Waals surface area contributed by atoms with Crippen LogP contribution in [-0.2, 0) is 16.0 Å². The summed E-state index contributed by atoms with van der Waals surface area (Å²) >= 11 is 0. The Morgan fingerprint density at radius 2 is 2.14 bits per heavy atom. The van der Waals surface area contributed by atoms with E-state index >= 15 is 0 Å². The predicted molar refractivity (Wildman–Crippen MR) is 84.2 cm³/mol. The highest BCUT2D eigenvalue weighted by molar-refractivity contribution is 5.69. The largest absolute Gasteiger partial charge is 0.466 e. The van der Waals surface area contributed by atoms with Gasteiger partial charge in [0.05, 0.1) is 6.61 Å². The van der Waals surface area contributed by atoms with Gasteiger partial charge in [-0.05, 0) is 58.0 Å². The molecule has 0 saturated carbocycles. The zero-order valence-corrected chi connectivity index (χ0v) is 13.6. The Morgan fingerprint density at radius 3 is 2.91 bits per heavy atom. The first-order valence-electron chi connectivity index (χ1n) is 7.84. The lowest BCUT2D eigenvalue weighted by Crippen LogP contribution is -2.32. The molecule has 2 rings (SSSR count). The fraction of sp³-hybridized carbons (Fsp3) is 0.588. The standard InChI is InChI=1S/C17H25NO4/c1-4-20-17(19)6-5-9-18(3)13(2)10-14-7-8-15-16(11-14)22-12-21-15/h7-8,11,13H,4-6,9-10,12H2,1-3H3. The van der Waals surface area contributed by atoms with Crippen molar-refractivity contribution >= 4 is 5.97 Å². The van der Waals surface area contributed by atoms with Crippen molar-refractivity contribution in [3.63, 3.8) is 0 Å². The Morgan fingerprint density at radius 1 is 1.36 bits per heavy atom. The molecule has 1 atom stereocenters. The number of carbonyl (C=O) groups excluding carboxylic acids is 1. The molecule has 0 fully saturated rings. The van der Waals surface area contributed by atoms with Crippen LogP contribution >= 0.6 is 0 Å². The van der Waals surface area contributed by atoms with Crippen LogP contribution < -0.4 is 9.47 Å². The maximum Gasteiger partial charge on any atom is 0.305 e. The second-order valence-corrected chi connectivity index (χ2v) is 5.63. The van der Waals surface area contributed by atoms with Gasteiger partial charge in [-0.1, -0.05) is 6.07 Å². The number of benzene rings is 1. The summed E-state index contributed by atoms with van der Waals surface area (Å²) in [6, 6.07) is 6.48. The van der Waals surface area contributed by atoms with E-state index in [0.717, 1.165) is 30.9 Å². The molecule has 1 heterocycles. The molecule has 0 spiro atoms. The van der Waals surface area contributed by atoms with Gasteiger partial charge in [-0.3, -0.25) is 4.79 Å². The summed E-state index contributed by atoms with van der Waals surface area (Å²) in [6.45, 7) is 5.66. The molecule has 1 aliphatic heterocycles. The van der Waals surface area contributed by atoms with Crippen LogP contribution in [0.3, 0.4) is 0 Å².